The Hall–Kier alpha value is -0.620. The van der Waals surface area contributed by atoms with Gasteiger partial charge in [0.2, 0.25) is 11.8 Å². The normalized spacial score (nSPS) is 45.4. The van der Waals surface area contributed by atoms with Crippen molar-refractivity contribution in [1.82, 2.24) is 5.32 Å². The number of imide groups is 1. The summed E-state index contributed by atoms with van der Waals surface area (Å²) in [5.41, 5.74) is 0.0646. The fraction of sp³-hybridized carbons (Fsp3) is 0.800. The summed E-state index contributed by atoms with van der Waals surface area (Å²) in [4.78, 5) is 23.5. The fourth-order valence-electron chi connectivity index (χ4n) is 5.87. The van der Waals surface area contributed by atoms with Gasteiger partial charge in [-0.2, -0.15) is 0 Å². The number of aliphatic hydroxyl groups is 2. The van der Waals surface area contributed by atoms with Gasteiger partial charge in [-0.1, -0.05) is 27.4 Å². The van der Waals surface area contributed by atoms with Crippen molar-refractivity contribution >= 4 is 35.0 Å². The number of alkyl halides is 2. The molecule has 8 atom stereocenters. The Bertz CT molecular complexity index is 666. The van der Waals surface area contributed by atoms with E-state index in [1.165, 1.54) is 0 Å². The molecule has 1 heterocycles. The molecule has 0 radical (unpaired) electrons. The molecule has 2 aliphatic carbocycles. The molecular weight excluding hydrogens is 389 g/mol. The summed E-state index contributed by atoms with van der Waals surface area (Å²) in [5, 5.41) is 23.2. The van der Waals surface area contributed by atoms with Crippen molar-refractivity contribution in [3.05, 3.63) is 12.2 Å². The van der Waals surface area contributed by atoms with E-state index in [1.807, 2.05) is 0 Å². The predicted octanol–water partition coefficient (Wildman–Crippen LogP) is 2.60. The number of nitrogens with one attached hydrogen (secondary N) is 1. The second kappa shape index (κ2) is 7.01. The zero-order valence-electron chi connectivity index (χ0n) is 16.0. The largest absolute Gasteiger partial charge is 0.392 e. The fourth-order valence-corrected chi connectivity index (χ4v) is 6.77. The van der Waals surface area contributed by atoms with Gasteiger partial charge in [0.1, 0.15) is 0 Å². The summed E-state index contributed by atoms with van der Waals surface area (Å²) in [7, 11) is 0. The number of hydrogen-bond donors (Lipinski definition) is 3. The highest BCUT2D eigenvalue weighted by Gasteiger charge is 2.60. The first-order valence-corrected chi connectivity index (χ1v) is 10.4. The molecule has 0 aromatic rings. The quantitative estimate of drug-likeness (QED) is 0.374. The highest BCUT2D eigenvalue weighted by molar-refractivity contribution is 6.30. The number of carbonyl (C=O) groups excluding carboxylic acids is 2. The smallest absolute Gasteiger partial charge is 0.232 e. The Labute approximate surface area is 170 Å². The van der Waals surface area contributed by atoms with Crippen LogP contribution in [0.15, 0.2) is 12.2 Å². The van der Waals surface area contributed by atoms with Crippen LogP contribution in [0.1, 0.15) is 46.5 Å². The summed E-state index contributed by atoms with van der Waals surface area (Å²) in [5.74, 6) is -1.67. The summed E-state index contributed by atoms with van der Waals surface area (Å²) in [6, 6.07) is 0. The summed E-state index contributed by atoms with van der Waals surface area (Å²) >= 11 is 13.3. The van der Waals surface area contributed by atoms with Crippen LogP contribution >= 0.6 is 23.2 Å². The maximum atomic E-state index is 12.0. The van der Waals surface area contributed by atoms with Crippen LogP contribution in [0.3, 0.4) is 0 Å². The Morgan fingerprint density at radius 3 is 2.48 bits per heavy atom. The molecule has 0 aromatic heterocycles. The Kier molecular flexibility index (Phi) is 5.48. The maximum Gasteiger partial charge on any atom is 0.232 e. The number of aliphatic hydroxyl groups excluding tert-OH is 2. The average Bonchev–Trinajstić information content (AvgIpc) is 2.91. The van der Waals surface area contributed by atoms with Crippen LogP contribution in [0.25, 0.3) is 0 Å². The summed E-state index contributed by atoms with van der Waals surface area (Å²) in [6.45, 7) is 10.4. The van der Waals surface area contributed by atoms with Gasteiger partial charge in [-0.15, -0.1) is 23.2 Å². The van der Waals surface area contributed by atoms with E-state index in [1.54, 1.807) is 0 Å². The topological polar surface area (TPSA) is 86.6 Å². The summed E-state index contributed by atoms with van der Waals surface area (Å²) < 4.78 is 0. The molecule has 1 aliphatic heterocycles. The predicted molar refractivity (Wildman–Crippen MR) is 104 cm³/mol. The van der Waals surface area contributed by atoms with Crippen molar-refractivity contribution in [2.45, 2.75) is 69.4 Å². The Morgan fingerprint density at radius 1 is 1.30 bits per heavy atom. The molecule has 0 bridgehead atoms. The number of halogens is 2. The van der Waals surface area contributed by atoms with Crippen molar-refractivity contribution in [2.75, 3.05) is 0 Å². The molecule has 0 aromatic carbocycles. The lowest BCUT2D eigenvalue weighted by Crippen LogP contribution is -2.59. The third-order valence-corrected chi connectivity index (χ3v) is 8.84. The van der Waals surface area contributed by atoms with Gasteiger partial charge in [-0.3, -0.25) is 14.9 Å². The molecular formula is C20H29Cl2NO4. The lowest BCUT2D eigenvalue weighted by Gasteiger charge is -2.61. The van der Waals surface area contributed by atoms with E-state index in [0.29, 0.717) is 18.4 Å². The van der Waals surface area contributed by atoms with Gasteiger partial charge >= 0.3 is 0 Å². The Balaban J connectivity index is 1.91. The average molecular weight is 418 g/mol. The van der Waals surface area contributed by atoms with Gasteiger partial charge in [-0.25, -0.2) is 0 Å². The number of fused-ring (bicyclic) bond motifs is 1. The Morgan fingerprint density at radius 2 is 1.93 bits per heavy atom. The third-order valence-electron chi connectivity index (χ3n) is 7.43. The van der Waals surface area contributed by atoms with Gasteiger partial charge in [0, 0.05) is 6.42 Å². The zero-order valence-corrected chi connectivity index (χ0v) is 17.6. The molecule has 1 saturated heterocycles. The minimum absolute atomic E-state index is 0.00469. The van der Waals surface area contributed by atoms with E-state index in [9.17, 15) is 19.8 Å². The molecule has 3 N–H and O–H groups in total. The first-order valence-electron chi connectivity index (χ1n) is 9.56. The number of rotatable bonds is 3. The van der Waals surface area contributed by atoms with Gasteiger partial charge in [0.25, 0.3) is 0 Å². The first-order chi connectivity index (χ1) is 12.4. The lowest BCUT2D eigenvalue weighted by molar-refractivity contribution is -0.128. The summed E-state index contributed by atoms with van der Waals surface area (Å²) in [6.07, 6.45) is -0.197. The maximum absolute atomic E-state index is 12.0. The molecule has 5 nitrogen and oxygen atoms in total. The highest BCUT2D eigenvalue weighted by atomic mass is 35.5. The first kappa shape index (κ1) is 21.1. The second-order valence-electron chi connectivity index (χ2n) is 9.41. The van der Waals surface area contributed by atoms with E-state index >= 15 is 0 Å². The van der Waals surface area contributed by atoms with E-state index in [2.05, 4.69) is 32.7 Å². The zero-order chi connectivity index (χ0) is 20.3. The van der Waals surface area contributed by atoms with Crippen molar-refractivity contribution < 1.29 is 19.8 Å². The van der Waals surface area contributed by atoms with Crippen LogP contribution in [-0.2, 0) is 9.59 Å². The van der Waals surface area contributed by atoms with Crippen molar-refractivity contribution in [2.24, 2.45) is 28.6 Å². The minimum Gasteiger partial charge on any atom is -0.392 e. The molecule has 0 spiro atoms. The SMILES string of the molecule is C=C1[C@@H](O)C[C@H]2C(C)(C)[C@@H](Cl)[C@H](Cl)C[C@]2(C)[C@H]1C[C@H](O)[C@H]1CC(=O)NC1=O. The van der Waals surface area contributed by atoms with E-state index in [4.69, 9.17) is 23.2 Å². The molecule has 3 rings (SSSR count). The van der Waals surface area contributed by atoms with E-state index in [-0.39, 0.29) is 52.2 Å². The van der Waals surface area contributed by atoms with Crippen molar-refractivity contribution in [1.29, 1.82) is 0 Å². The van der Waals surface area contributed by atoms with Crippen LogP contribution in [0.2, 0.25) is 0 Å². The molecule has 2 saturated carbocycles. The highest BCUT2D eigenvalue weighted by Crippen LogP contribution is 2.63. The van der Waals surface area contributed by atoms with Crippen LogP contribution in [0.4, 0.5) is 0 Å². The number of amides is 2. The van der Waals surface area contributed by atoms with E-state index in [0.717, 1.165) is 0 Å². The van der Waals surface area contributed by atoms with Gasteiger partial charge < -0.3 is 10.2 Å². The monoisotopic (exact) mass is 417 g/mol. The van der Waals surface area contributed by atoms with Crippen LogP contribution < -0.4 is 5.32 Å². The van der Waals surface area contributed by atoms with E-state index < -0.39 is 24.0 Å². The molecule has 7 heteroatoms. The molecule has 0 unspecified atom stereocenters. The van der Waals surface area contributed by atoms with Gasteiger partial charge in [0.05, 0.1) is 28.9 Å². The third kappa shape index (κ3) is 3.35. The van der Waals surface area contributed by atoms with Gasteiger partial charge in [0.15, 0.2) is 0 Å². The molecule has 3 aliphatic rings. The van der Waals surface area contributed by atoms with Crippen molar-refractivity contribution in [3.8, 4) is 0 Å². The standard InChI is InChI=1S/C20H29Cl2NO4/c1-9-11(6-14(25)10-5-16(26)23-18(10)27)20(4)8-12(21)17(22)19(2,3)15(20)7-13(9)24/h10-15,17,24-25H,1,5-8H2,2-4H3,(H,23,26,27)/t10-,11+,12-,13+,14+,15+,17+,20-/m1/s1. The number of hydrogen-bond acceptors (Lipinski definition) is 4. The van der Waals surface area contributed by atoms with Crippen LogP contribution in [-0.4, -0.2) is 45.0 Å². The van der Waals surface area contributed by atoms with Crippen molar-refractivity contribution in [3.63, 3.8) is 0 Å². The molecule has 27 heavy (non-hydrogen) atoms. The molecule has 3 fully saturated rings. The number of carbonyl (C=O) groups is 2. The molecule has 152 valence electrons. The molecule has 2 amide bonds. The van der Waals surface area contributed by atoms with Crippen LogP contribution in [0, 0.1) is 28.6 Å². The second-order valence-corrected chi connectivity index (χ2v) is 10.4. The van der Waals surface area contributed by atoms with Crippen LogP contribution in [0.5, 0.6) is 0 Å². The van der Waals surface area contributed by atoms with Gasteiger partial charge in [-0.05, 0) is 47.5 Å². The minimum atomic E-state index is -0.980. The lowest BCUT2D eigenvalue weighted by atomic mass is 9.46.